The lowest BCUT2D eigenvalue weighted by molar-refractivity contribution is -0.118. The van der Waals surface area contributed by atoms with Crippen LogP contribution in [-0.4, -0.2) is 26.8 Å². The van der Waals surface area contributed by atoms with Crippen molar-refractivity contribution in [3.05, 3.63) is 38.9 Å². The fourth-order valence-electron chi connectivity index (χ4n) is 1.65. The molecule has 0 atom stereocenters. The van der Waals surface area contributed by atoms with Crippen LogP contribution in [0.2, 0.25) is 4.34 Å². The van der Waals surface area contributed by atoms with Crippen LogP contribution >= 0.6 is 46.0 Å². The maximum absolute atomic E-state index is 11.8. The van der Waals surface area contributed by atoms with Gasteiger partial charge in [0.25, 0.3) is 0 Å². The molecular weight excluding hydrogens is 360 g/mol. The molecule has 0 aliphatic heterocycles. The molecule has 1 amide bonds. The molecule has 0 fully saturated rings. The fourth-order valence-corrected chi connectivity index (χ4v) is 3.97. The summed E-state index contributed by atoms with van der Waals surface area (Å²) in [6, 6.07) is 7.66. The Hall–Kier alpha value is -1.35. The summed E-state index contributed by atoms with van der Waals surface area (Å²) in [6.07, 6.45) is 0. The number of hydrogen-bond acceptors (Lipinski definition) is 6. The Morgan fingerprint density at radius 3 is 3.05 bits per heavy atom. The number of thiophene rings is 2. The number of carbonyl (C=O) groups excluding carboxylic acids is 1. The smallest absolute Gasteiger partial charge is 0.230 e. The van der Waals surface area contributed by atoms with Crippen LogP contribution in [0.5, 0.6) is 0 Å². The molecule has 0 aromatic carbocycles. The van der Waals surface area contributed by atoms with Gasteiger partial charge in [0.05, 0.1) is 21.5 Å². The normalized spacial score (nSPS) is 10.8. The van der Waals surface area contributed by atoms with Crippen LogP contribution in [0.25, 0.3) is 10.7 Å². The Kier molecular flexibility index (Phi) is 5.14. The number of amides is 1. The van der Waals surface area contributed by atoms with Crippen LogP contribution in [0.15, 0.2) is 34.8 Å². The molecule has 114 valence electrons. The molecule has 3 aromatic heterocycles. The number of hydrogen-bond donors (Lipinski definition) is 2. The van der Waals surface area contributed by atoms with Gasteiger partial charge in [0, 0.05) is 4.88 Å². The highest BCUT2D eigenvalue weighted by atomic mass is 35.5. The minimum absolute atomic E-state index is 0.0583. The van der Waals surface area contributed by atoms with E-state index in [1.807, 2.05) is 29.6 Å². The summed E-state index contributed by atoms with van der Waals surface area (Å²) >= 11 is 10.2. The maximum atomic E-state index is 11.8. The number of thioether (sulfide) groups is 1. The molecule has 0 bridgehead atoms. The predicted molar refractivity (Wildman–Crippen MR) is 91.6 cm³/mol. The summed E-state index contributed by atoms with van der Waals surface area (Å²) in [5.41, 5.74) is 0. The maximum Gasteiger partial charge on any atom is 0.230 e. The molecule has 0 aliphatic rings. The van der Waals surface area contributed by atoms with Crippen LogP contribution in [0.1, 0.15) is 4.88 Å². The van der Waals surface area contributed by atoms with Crippen molar-refractivity contribution in [3.63, 3.8) is 0 Å². The van der Waals surface area contributed by atoms with Gasteiger partial charge in [-0.05, 0) is 23.6 Å². The number of nitrogens with one attached hydrogen (secondary N) is 2. The van der Waals surface area contributed by atoms with E-state index < -0.39 is 0 Å². The van der Waals surface area contributed by atoms with Gasteiger partial charge < -0.3 is 5.32 Å². The molecule has 0 unspecified atom stereocenters. The van der Waals surface area contributed by atoms with E-state index in [-0.39, 0.29) is 11.7 Å². The lowest BCUT2D eigenvalue weighted by Gasteiger charge is -2.01. The van der Waals surface area contributed by atoms with Gasteiger partial charge in [-0.2, -0.15) is 0 Å². The van der Waals surface area contributed by atoms with Gasteiger partial charge in [-0.3, -0.25) is 9.89 Å². The molecule has 0 radical (unpaired) electrons. The van der Waals surface area contributed by atoms with Crippen LogP contribution < -0.4 is 5.32 Å². The van der Waals surface area contributed by atoms with Crippen molar-refractivity contribution in [3.8, 4) is 10.7 Å². The van der Waals surface area contributed by atoms with Crippen molar-refractivity contribution in [2.45, 2.75) is 11.7 Å². The summed E-state index contributed by atoms with van der Waals surface area (Å²) in [5, 5.41) is 12.4. The number of aromatic amines is 1. The largest absolute Gasteiger partial charge is 0.350 e. The summed E-state index contributed by atoms with van der Waals surface area (Å²) in [7, 11) is 0. The SMILES string of the molecule is O=C(CSc1n[nH]c(-c2cccs2)n1)NCc1ccc(Cl)s1. The molecule has 3 heterocycles. The number of nitrogens with zero attached hydrogens (tertiary/aromatic N) is 2. The lowest BCUT2D eigenvalue weighted by Crippen LogP contribution is -2.24. The zero-order valence-electron chi connectivity index (χ0n) is 11.2. The molecule has 9 heteroatoms. The quantitative estimate of drug-likeness (QED) is 0.649. The number of rotatable bonds is 6. The molecular formula is C13H11ClN4OS3. The third-order valence-electron chi connectivity index (χ3n) is 2.64. The molecule has 5 nitrogen and oxygen atoms in total. The Bertz CT molecular complexity index is 753. The van der Waals surface area contributed by atoms with Crippen molar-refractivity contribution >= 4 is 51.9 Å². The topological polar surface area (TPSA) is 70.7 Å². The average Bonchev–Trinajstić information content (AvgIpc) is 3.23. The first kappa shape index (κ1) is 15.5. The van der Waals surface area contributed by atoms with E-state index in [0.717, 1.165) is 19.9 Å². The van der Waals surface area contributed by atoms with E-state index in [2.05, 4.69) is 20.5 Å². The van der Waals surface area contributed by atoms with Crippen molar-refractivity contribution < 1.29 is 4.79 Å². The van der Waals surface area contributed by atoms with Crippen molar-refractivity contribution in [1.29, 1.82) is 0 Å². The average molecular weight is 371 g/mol. The van der Waals surface area contributed by atoms with Gasteiger partial charge in [-0.15, -0.1) is 27.8 Å². The lowest BCUT2D eigenvalue weighted by atomic mass is 10.4. The van der Waals surface area contributed by atoms with Gasteiger partial charge in [0.1, 0.15) is 0 Å². The first-order valence-corrected chi connectivity index (χ1v) is 9.36. The fraction of sp³-hybridized carbons (Fsp3) is 0.154. The minimum atomic E-state index is -0.0583. The van der Waals surface area contributed by atoms with Gasteiger partial charge in [0.15, 0.2) is 5.82 Å². The zero-order valence-corrected chi connectivity index (χ0v) is 14.4. The summed E-state index contributed by atoms with van der Waals surface area (Å²) in [4.78, 5) is 18.2. The Morgan fingerprint density at radius 1 is 1.41 bits per heavy atom. The highest BCUT2D eigenvalue weighted by Crippen LogP contribution is 2.23. The molecule has 0 saturated heterocycles. The van der Waals surface area contributed by atoms with E-state index in [0.29, 0.717) is 11.7 Å². The van der Waals surface area contributed by atoms with Crippen molar-refractivity contribution in [2.24, 2.45) is 0 Å². The number of aromatic nitrogens is 3. The standard InChI is InChI=1S/C13H11ClN4OS3/c14-10-4-3-8(22-10)6-15-11(19)7-21-13-16-12(17-18-13)9-2-1-5-20-9/h1-5H,6-7H2,(H,15,19)(H,16,17,18). The number of carbonyl (C=O) groups is 1. The molecule has 22 heavy (non-hydrogen) atoms. The summed E-state index contributed by atoms with van der Waals surface area (Å²) in [5.74, 6) is 0.948. The van der Waals surface area contributed by atoms with E-state index in [1.54, 1.807) is 11.3 Å². The number of halogens is 1. The van der Waals surface area contributed by atoms with Crippen LogP contribution in [-0.2, 0) is 11.3 Å². The van der Waals surface area contributed by atoms with E-state index in [1.165, 1.54) is 23.1 Å². The Balaban J connectivity index is 1.47. The van der Waals surface area contributed by atoms with Gasteiger partial charge in [0.2, 0.25) is 11.1 Å². The van der Waals surface area contributed by atoms with Crippen molar-refractivity contribution in [1.82, 2.24) is 20.5 Å². The second kappa shape index (κ2) is 7.28. The van der Waals surface area contributed by atoms with Crippen LogP contribution in [0.4, 0.5) is 0 Å². The molecule has 3 aromatic rings. The third kappa shape index (κ3) is 4.10. The van der Waals surface area contributed by atoms with Gasteiger partial charge >= 0.3 is 0 Å². The molecule has 0 spiro atoms. The van der Waals surface area contributed by atoms with Crippen LogP contribution in [0, 0.1) is 0 Å². The third-order valence-corrected chi connectivity index (χ3v) is 5.60. The summed E-state index contributed by atoms with van der Waals surface area (Å²) < 4.78 is 0.723. The second-order valence-corrected chi connectivity index (χ2v) is 7.90. The molecule has 2 N–H and O–H groups in total. The second-order valence-electron chi connectivity index (χ2n) is 4.22. The van der Waals surface area contributed by atoms with E-state index in [4.69, 9.17) is 11.6 Å². The number of H-pyrrole nitrogens is 1. The monoisotopic (exact) mass is 370 g/mol. The summed E-state index contributed by atoms with van der Waals surface area (Å²) in [6.45, 7) is 0.491. The molecule has 0 saturated carbocycles. The van der Waals surface area contributed by atoms with Gasteiger partial charge in [-0.25, -0.2) is 4.98 Å². The Labute approximate surface area is 144 Å². The van der Waals surface area contributed by atoms with E-state index in [9.17, 15) is 4.79 Å². The zero-order chi connectivity index (χ0) is 15.4. The Morgan fingerprint density at radius 2 is 2.32 bits per heavy atom. The van der Waals surface area contributed by atoms with Gasteiger partial charge in [-0.1, -0.05) is 29.4 Å². The highest BCUT2D eigenvalue weighted by Gasteiger charge is 2.09. The first-order chi connectivity index (χ1) is 10.7. The predicted octanol–water partition coefficient (Wildman–Crippen LogP) is 3.66. The minimum Gasteiger partial charge on any atom is -0.350 e. The molecule has 0 aliphatic carbocycles. The molecule has 3 rings (SSSR count). The van der Waals surface area contributed by atoms with E-state index >= 15 is 0 Å². The first-order valence-electron chi connectivity index (χ1n) is 6.31. The van der Waals surface area contributed by atoms with Crippen molar-refractivity contribution in [2.75, 3.05) is 5.75 Å². The van der Waals surface area contributed by atoms with Crippen LogP contribution in [0.3, 0.4) is 0 Å². The highest BCUT2D eigenvalue weighted by molar-refractivity contribution is 7.99.